The lowest BCUT2D eigenvalue weighted by atomic mass is 10.2. The highest BCUT2D eigenvalue weighted by molar-refractivity contribution is 5.47. The van der Waals surface area contributed by atoms with Gasteiger partial charge in [0.15, 0.2) is 0 Å². The van der Waals surface area contributed by atoms with Crippen LogP contribution in [0.1, 0.15) is 31.7 Å². The van der Waals surface area contributed by atoms with Gasteiger partial charge in [-0.3, -0.25) is 4.90 Å². The molecule has 0 spiro atoms. The van der Waals surface area contributed by atoms with Crippen LogP contribution in [0.5, 0.6) is 0 Å². The molecule has 116 valence electrons. The molecule has 1 N–H and O–H groups in total. The first-order valence-electron chi connectivity index (χ1n) is 8.11. The SMILES string of the molecule is CCCN1CCN(c2ncc(F)cc2CNC2CC2)CC1. The number of hydrogen-bond acceptors (Lipinski definition) is 4. The molecule has 1 aliphatic heterocycles. The van der Waals surface area contributed by atoms with Crippen LogP contribution in [0.25, 0.3) is 0 Å². The fourth-order valence-electron chi connectivity index (χ4n) is 2.93. The summed E-state index contributed by atoms with van der Waals surface area (Å²) in [5, 5.41) is 3.46. The molecule has 1 saturated heterocycles. The van der Waals surface area contributed by atoms with Crippen LogP contribution in [0.3, 0.4) is 0 Å². The Labute approximate surface area is 126 Å². The van der Waals surface area contributed by atoms with Gasteiger partial charge >= 0.3 is 0 Å². The minimum atomic E-state index is -0.240. The minimum Gasteiger partial charge on any atom is -0.354 e. The molecular weight excluding hydrogens is 267 g/mol. The van der Waals surface area contributed by atoms with E-state index in [9.17, 15) is 4.39 Å². The first-order valence-corrected chi connectivity index (χ1v) is 8.11. The highest BCUT2D eigenvalue weighted by Crippen LogP contribution is 2.23. The van der Waals surface area contributed by atoms with Crippen molar-refractivity contribution in [2.45, 2.75) is 38.8 Å². The third-order valence-corrected chi connectivity index (χ3v) is 4.28. The van der Waals surface area contributed by atoms with Gasteiger partial charge in [-0.05, 0) is 31.9 Å². The maximum absolute atomic E-state index is 13.5. The Hall–Kier alpha value is -1.20. The summed E-state index contributed by atoms with van der Waals surface area (Å²) < 4.78 is 13.5. The van der Waals surface area contributed by atoms with Crippen molar-refractivity contribution in [3.63, 3.8) is 0 Å². The molecule has 0 atom stereocenters. The topological polar surface area (TPSA) is 31.4 Å². The summed E-state index contributed by atoms with van der Waals surface area (Å²) in [4.78, 5) is 9.15. The molecule has 4 nitrogen and oxygen atoms in total. The Morgan fingerprint density at radius 3 is 2.71 bits per heavy atom. The Bertz CT molecular complexity index is 467. The normalized spacial score (nSPS) is 20.0. The smallest absolute Gasteiger partial charge is 0.141 e. The molecular formula is C16H25FN4. The number of nitrogens with zero attached hydrogens (tertiary/aromatic N) is 3. The monoisotopic (exact) mass is 292 g/mol. The van der Waals surface area contributed by atoms with Crippen molar-refractivity contribution in [2.24, 2.45) is 0 Å². The lowest BCUT2D eigenvalue weighted by Crippen LogP contribution is -2.47. The molecule has 0 unspecified atom stereocenters. The molecule has 0 radical (unpaired) electrons. The van der Waals surface area contributed by atoms with Gasteiger partial charge in [0.1, 0.15) is 11.6 Å². The van der Waals surface area contributed by atoms with E-state index in [2.05, 4.69) is 27.0 Å². The van der Waals surface area contributed by atoms with Gasteiger partial charge in [0.2, 0.25) is 0 Å². The number of piperazine rings is 1. The first-order chi connectivity index (χ1) is 10.3. The second-order valence-corrected chi connectivity index (χ2v) is 6.12. The van der Waals surface area contributed by atoms with Crippen molar-refractivity contribution in [1.29, 1.82) is 0 Å². The third-order valence-electron chi connectivity index (χ3n) is 4.28. The van der Waals surface area contributed by atoms with Crippen LogP contribution in [0.4, 0.5) is 10.2 Å². The fraction of sp³-hybridized carbons (Fsp3) is 0.688. The molecule has 2 fully saturated rings. The van der Waals surface area contributed by atoms with E-state index in [4.69, 9.17) is 0 Å². The number of halogens is 1. The Balaban J connectivity index is 1.66. The van der Waals surface area contributed by atoms with Gasteiger partial charge in [0.05, 0.1) is 6.20 Å². The first kappa shape index (κ1) is 14.7. The predicted molar refractivity (Wildman–Crippen MR) is 83.0 cm³/mol. The Kier molecular flexibility index (Phi) is 4.70. The molecule has 1 aliphatic carbocycles. The van der Waals surface area contributed by atoms with Crippen LogP contribution >= 0.6 is 0 Å². The minimum absolute atomic E-state index is 0.240. The number of aromatic nitrogens is 1. The van der Waals surface area contributed by atoms with Gasteiger partial charge in [-0.1, -0.05) is 6.92 Å². The van der Waals surface area contributed by atoms with Crippen LogP contribution in [-0.2, 0) is 6.54 Å². The lowest BCUT2D eigenvalue weighted by molar-refractivity contribution is 0.257. The van der Waals surface area contributed by atoms with Crippen molar-refractivity contribution in [1.82, 2.24) is 15.2 Å². The number of pyridine rings is 1. The van der Waals surface area contributed by atoms with Crippen molar-refractivity contribution in [2.75, 3.05) is 37.6 Å². The van der Waals surface area contributed by atoms with E-state index in [0.717, 1.165) is 44.1 Å². The zero-order valence-corrected chi connectivity index (χ0v) is 12.8. The van der Waals surface area contributed by atoms with Crippen LogP contribution in [0.15, 0.2) is 12.3 Å². The molecule has 1 saturated carbocycles. The number of hydrogen-bond donors (Lipinski definition) is 1. The molecule has 21 heavy (non-hydrogen) atoms. The van der Waals surface area contributed by atoms with Gasteiger partial charge < -0.3 is 10.2 Å². The summed E-state index contributed by atoms with van der Waals surface area (Å²) in [5.74, 6) is 0.719. The summed E-state index contributed by atoms with van der Waals surface area (Å²) in [7, 11) is 0. The largest absolute Gasteiger partial charge is 0.354 e. The Morgan fingerprint density at radius 1 is 1.29 bits per heavy atom. The van der Waals surface area contributed by atoms with Gasteiger partial charge in [0.25, 0.3) is 0 Å². The molecule has 1 aromatic rings. The van der Waals surface area contributed by atoms with E-state index in [1.165, 1.54) is 32.0 Å². The van der Waals surface area contributed by atoms with Crippen LogP contribution < -0.4 is 10.2 Å². The molecule has 0 aromatic carbocycles. The Morgan fingerprint density at radius 2 is 2.05 bits per heavy atom. The molecule has 1 aromatic heterocycles. The fourth-order valence-corrected chi connectivity index (χ4v) is 2.93. The average Bonchev–Trinajstić information content (AvgIpc) is 3.31. The van der Waals surface area contributed by atoms with Gasteiger partial charge in [-0.25, -0.2) is 9.37 Å². The second kappa shape index (κ2) is 6.71. The summed E-state index contributed by atoms with van der Waals surface area (Å²) in [6.07, 6.45) is 5.03. The van der Waals surface area contributed by atoms with E-state index in [-0.39, 0.29) is 5.82 Å². The van der Waals surface area contributed by atoms with Crippen molar-refractivity contribution in [3.05, 3.63) is 23.6 Å². The second-order valence-electron chi connectivity index (χ2n) is 6.12. The maximum atomic E-state index is 13.5. The lowest BCUT2D eigenvalue weighted by Gasteiger charge is -2.36. The predicted octanol–water partition coefficient (Wildman–Crippen LogP) is 2.00. The van der Waals surface area contributed by atoms with Gasteiger partial charge in [-0.2, -0.15) is 0 Å². The van der Waals surface area contributed by atoms with E-state index in [1.807, 2.05) is 0 Å². The average molecular weight is 292 g/mol. The third kappa shape index (κ3) is 3.92. The van der Waals surface area contributed by atoms with Crippen LogP contribution in [-0.4, -0.2) is 48.6 Å². The molecule has 2 heterocycles. The number of rotatable bonds is 6. The van der Waals surface area contributed by atoms with Gasteiger partial charge in [0, 0.05) is 44.3 Å². The zero-order valence-electron chi connectivity index (χ0n) is 12.8. The summed E-state index contributed by atoms with van der Waals surface area (Å²) >= 11 is 0. The standard InChI is InChI=1S/C16H25FN4/c1-2-5-20-6-8-21(9-7-20)16-13(10-14(17)12-19-16)11-18-15-3-4-15/h10,12,15,18H,2-9,11H2,1H3. The van der Waals surface area contributed by atoms with Crippen molar-refractivity contribution >= 4 is 5.82 Å². The van der Waals surface area contributed by atoms with Crippen molar-refractivity contribution < 1.29 is 4.39 Å². The van der Waals surface area contributed by atoms with E-state index in [1.54, 1.807) is 6.07 Å². The number of nitrogens with one attached hydrogen (secondary N) is 1. The molecule has 3 rings (SSSR count). The van der Waals surface area contributed by atoms with Crippen molar-refractivity contribution in [3.8, 4) is 0 Å². The highest BCUT2D eigenvalue weighted by atomic mass is 19.1. The quantitative estimate of drug-likeness (QED) is 0.869. The van der Waals surface area contributed by atoms with Gasteiger partial charge in [-0.15, -0.1) is 0 Å². The van der Waals surface area contributed by atoms with Crippen LogP contribution in [0, 0.1) is 5.82 Å². The van der Waals surface area contributed by atoms with E-state index >= 15 is 0 Å². The summed E-state index contributed by atoms with van der Waals surface area (Å²) in [5.41, 5.74) is 0.992. The highest BCUT2D eigenvalue weighted by Gasteiger charge is 2.23. The number of anilines is 1. The molecule has 0 amide bonds. The molecule has 0 bridgehead atoms. The maximum Gasteiger partial charge on any atom is 0.141 e. The summed E-state index contributed by atoms with van der Waals surface area (Å²) in [6.45, 7) is 8.21. The molecule has 5 heteroatoms. The van der Waals surface area contributed by atoms with Crippen LogP contribution in [0.2, 0.25) is 0 Å². The summed E-state index contributed by atoms with van der Waals surface area (Å²) in [6, 6.07) is 2.26. The molecule has 2 aliphatic rings. The van der Waals surface area contributed by atoms with E-state index in [0.29, 0.717) is 6.04 Å². The zero-order chi connectivity index (χ0) is 14.7. The van der Waals surface area contributed by atoms with E-state index < -0.39 is 0 Å².